The zero-order valence-electron chi connectivity index (χ0n) is 13.4. The summed E-state index contributed by atoms with van der Waals surface area (Å²) >= 11 is 0. The number of rotatable bonds is 6. The molecule has 0 bridgehead atoms. The van der Waals surface area contributed by atoms with Crippen molar-refractivity contribution in [1.29, 1.82) is 0 Å². The molecule has 0 aliphatic carbocycles. The van der Waals surface area contributed by atoms with Crippen LogP contribution in [-0.4, -0.2) is 30.6 Å². The van der Waals surface area contributed by atoms with Crippen molar-refractivity contribution in [2.75, 3.05) is 19.6 Å². The maximum absolute atomic E-state index is 3.72. The molecule has 0 aromatic heterocycles. The van der Waals surface area contributed by atoms with E-state index in [1.807, 2.05) is 0 Å². The molecule has 2 heteroatoms. The summed E-state index contributed by atoms with van der Waals surface area (Å²) in [4.78, 5) is 2.54. The van der Waals surface area contributed by atoms with Gasteiger partial charge in [0.2, 0.25) is 0 Å². The Balaban J connectivity index is 1.74. The summed E-state index contributed by atoms with van der Waals surface area (Å²) in [5.74, 6) is 0.739. The minimum absolute atomic E-state index is 0.702. The summed E-state index contributed by atoms with van der Waals surface area (Å²) in [6, 6.07) is 9.85. The molecule has 0 unspecified atom stereocenters. The summed E-state index contributed by atoms with van der Waals surface area (Å²) in [6.45, 7) is 11.5. The second-order valence-electron chi connectivity index (χ2n) is 6.50. The lowest BCUT2D eigenvalue weighted by Crippen LogP contribution is -2.42. The number of benzene rings is 1. The van der Waals surface area contributed by atoms with Crippen LogP contribution in [-0.2, 0) is 13.0 Å². The van der Waals surface area contributed by atoms with Crippen molar-refractivity contribution in [2.24, 2.45) is 5.92 Å². The Morgan fingerprint density at radius 3 is 2.25 bits per heavy atom. The fourth-order valence-corrected chi connectivity index (χ4v) is 2.98. The maximum Gasteiger partial charge on any atom is 0.0208 e. The summed E-state index contributed by atoms with van der Waals surface area (Å²) < 4.78 is 0. The van der Waals surface area contributed by atoms with Crippen molar-refractivity contribution in [3.05, 3.63) is 35.4 Å². The van der Waals surface area contributed by atoms with E-state index in [1.54, 1.807) is 0 Å². The van der Waals surface area contributed by atoms with E-state index in [9.17, 15) is 0 Å². The van der Waals surface area contributed by atoms with E-state index in [0.29, 0.717) is 6.04 Å². The monoisotopic (exact) mass is 274 g/mol. The second-order valence-corrected chi connectivity index (χ2v) is 6.50. The van der Waals surface area contributed by atoms with Crippen LogP contribution in [0.5, 0.6) is 0 Å². The van der Waals surface area contributed by atoms with Crippen molar-refractivity contribution in [3.63, 3.8) is 0 Å². The third-order valence-corrected chi connectivity index (χ3v) is 4.30. The van der Waals surface area contributed by atoms with Crippen molar-refractivity contribution >= 4 is 0 Å². The molecule has 2 nitrogen and oxygen atoms in total. The largest absolute Gasteiger partial charge is 0.310 e. The smallest absolute Gasteiger partial charge is 0.0208 e. The Labute approximate surface area is 124 Å². The average molecular weight is 274 g/mol. The standard InChI is InChI=1S/C18H30N2/c1-4-20-11-9-18(10-12-20)19-14-17-7-5-16(6-8-17)13-15(2)3/h5-8,15,18-19H,4,9-14H2,1-3H3. The van der Waals surface area contributed by atoms with Crippen LogP contribution in [0.1, 0.15) is 44.7 Å². The lowest BCUT2D eigenvalue weighted by molar-refractivity contribution is 0.206. The molecular formula is C18H30N2. The van der Waals surface area contributed by atoms with E-state index in [1.165, 1.54) is 50.0 Å². The first kappa shape index (κ1) is 15.5. The number of likely N-dealkylation sites (tertiary alicyclic amines) is 1. The summed E-state index contributed by atoms with van der Waals surface area (Å²) in [5, 5.41) is 3.72. The van der Waals surface area contributed by atoms with Crippen LogP contribution in [0, 0.1) is 5.92 Å². The molecule has 0 atom stereocenters. The van der Waals surface area contributed by atoms with Crippen molar-refractivity contribution < 1.29 is 0 Å². The first-order chi connectivity index (χ1) is 9.67. The average Bonchev–Trinajstić information content (AvgIpc) is 2.46. The van der Waals surface area contributed by atoms with Crippen LogP contribution in [0.3, 0.4) is 0 Å². The SMILES string of the molecule is CCN1CCC(NCc2ccc(CC(C)C)cc2)CC1. The highest BCUT2D eigenvalue weighted by molar-refractivity contribution is 5.22. The molecule has 2 rings (SSSR count). The Hall–Kier alpha value is -0.860. The number of piperidine rings is 1. The highest BCUT2D eigenvalue weighted by Crippen LogP contribution is 2.12. The van der Waals surface area contributed by atoms with Crippen molar-refractivity contribution in [2.45, 2.75) is 52.6 Å². The molecule has 0 spiro atoms. The van der Waals surface area contributed by atoms with Crippen molar-refractivity contribution in [1.82, 2.24) is 10.2 Å². The minimum Gasteiger partial charge on any atom is -0.310 e. The highest BCUT2D eigenvalue weighted by atomic mass is 15.1. The minimum atomic E-state index is 0.702. The third kappa shape index (κ3) is 4.92. The van der Waals surface area contributed by atoms with E-state index < -0.39 is 0 Å². The van der Waals surface area contributed by atoms with E-state index in [-0.39, 0.29) is 0 Å². The zero-order chi connectivity index (χ0) is 14.4. The lowest BCUT2D eigenvalue weighted by atomic mass is 10.0. The van der Waals surface area contributed by atoms with E-state index in [0.717, 1.165) is 12.5 Å². The summed E-state index contributed by atoms with van der Waals surface area (Å²) in [7, 11) is 0. The van der Waals surface area contributed by atoms with Gasteiger partial charge in [0.1, 0.15) is 0 Å². The van der Waals surface area contributed by atoms with Gasteiger partial charge in [0, 0.05) is 12.6 Å². The van der Waals surface area contributed by atoms with E-state index in [4.69, 9.17) is 0 Å². The third-order valence-electron chi connectivity index (χ3n) is 4.30. The van der Waals surface area contributed by atoms with Gasteiger partial charge in [0.25, 0.3) is 0 Å². The number of nitrogens with zero attached hydrogens (tertiary/aromatic N) is 1. The van der Waals surface area contributed by atoms with Gasteiger partial charge >= 0.3 is 0 Å². The molecule has 0 saturated carbocycles. The van der Waals surface area contributed by atoms with Gasteiger partial charge in [-0.15, -0.1) is 0 Å². The summed E-state index contributed by atoms with van der Waals surface area (Å²) in [6.07, 6.45) is 3.77. The Morgan fingerprint density at radius 2 is 1.70 bits per heavy atom. The lowest BCUT2D eigenvalue weighted by Gasteiger charge is -2.31. The Kier molecular flexibility index (Phi) is 6.06. The molecule has 1 aliphatic heterocycles. The molecule has 1 saturated heterocycles. The van der Waals surface area contributed by atoms with Crippen LogP contribution in [0.25, 0.3) is 0 Å². The molecule has 1 aliphatic rings. The van der Waals surface area contributed by atoms with Crippen LogP contribution < -0.4 is 5.32 Å². The van der Waals surface area contributed by atoms with Crippen LogP contribution in [0.2, 0.25) is 0 Å². The fraction of sp³-hybridized carbons (Fsp3) is 0.667. The Morgan fingerprint density at radius 1 is 1.10 bits per heavy atom. The van der Waals surface area contributed by atoms with Crippen LogP contribution in [0.4, 0.5) is 0 Å². The van der Waals surface area contributed by atoms with Crippen LogP contribution >= 0.6 is 0 Å². The number of nitrogens with one attached hydrogen (secondary N) is 1. The topological polar surface area (TPSA) is 15.3 Å². The maximum atomic E-state index is 3.72. The van der Waals surface area contributed by atoms with E-state index in [2.05, 4.69) is 55.3 Å². The molecule has 0 radical (unpaired) electrons. The molecule has 1 aromatic carbocycles. The van der Waals surface area contributed by atoms with Gasteiger partial charge in [0.05, 0.1) is 0 Å². The first-order valence-electron chi connectivity index (χ1n) is 8.21. The van der Waals surface area contributed by atoms with Gasteiger partial charge in [-0.25, -0.2) is 0 Å². The number of hydrogen-bond donors (Lipinski definition) is 1. The van der Waals surface area contributed by atoms with Gasteiger partial charge in [-0.05, 0) is 55.9 Å². The molecule has 20 heavy (non-hydrogen) atoms. The quantitative estimate of drug-likeness (QED) is 0.854. The van der Waals surface area contributed by atoms with Gasteiger partial charge in [-0.3, -0.25) is 0 Å². The van der Waals surface area contributed by atoms with Gasteiger partial charge in [-0.1, -0.05) is 45.0 Å². The molecule has 1 fully saturated rings. The second kappa shape index (κ2) is 7.80. The van der Waals surface area contributed by atoms with Gasteiger partial charge in [-0.2, -0.15) is 0 Å². The van der Waals surface area contributed by atoms with E-state index >= 15 is 0 Å². The van der Waals surface area contributed by atoms with Gasteiger partial charge in [0.15, 0.2) is 0 Å². The molecule has 1 N–H and O–H groups in total. The van der Waals surface area contributed by atoms with Crippen LogP contribution in [0.15, 0.2) is 24.3 Å². The van der Waals surface area contributed by atoms with Gasteiger partial charge < -0.3 is 10.2 Å². The fourth-order valence-electron chi connectivity index (χ4n) is 2.98. The first-order valence-corrected chi connectivity index (χ1v) is 8.21. The normalized spacial score (nSPS) is 17.8. The zero-order valence-corrected chi connectivity index (χ0v) is 13.4. The molecule has 1 aromatic rings. The predicted octanol–water partition coefficient (Wildman–Crippen LogP) is 3.46. The highest BCUT2D eigenvalue weighted by Gasteiger charge is 2.17. The predicted molar refractivity (Wildman–Crippen MR) is 87.0 cm³/mol. The summed E-state index contributed by atoms with van der Waals surface area (Å²) in [5.41, 5.74) is 2.87. The molecule has 0 amide bonds. The molecule has 1 heterocycles. The Bertz CT molecular complexity index is 375. The molecule has 112 valence electrons. The number of hydrogen-bond acceptors (Lipinski definition) is 2. The molecular weight excluding hydrogens is 244 g/mol. The van der Waals surface area contributed by atoms with Crippen molar-refractivity contribution in [3.8, 4) is 0 Å².